The molecule has 0 saturated carbocycles. The summed E-state index contributed by atoms with van der Waals surface area (Å²) in [6.07, 6.45) is 4.62. The Kier molecular flexibility index (Phi) is 9.25. The number of nitrogens with zero attached hydrogens (tertiary/aromatic N) is 2. The lowest BCUT2D eigenvalue weighted by Gasteiger charge is -2.35. The van der Waals surface area contributed by atoms with Gasteiger partial charge in [-0.15, -0.1) is 22.7 Å². The Balaban J connectivity index is 1.52. The molecule has 42 heavy (non-hydrogen) atoms. The largest absolute Gasteiger partial charge is 0.399 e. The number of hydrogen-bond donors (Lipinski definition) is 4. The van der Waals surface area contributed by atoms with Gasteiger partial charge in [0.15, 0.2) is 5.13 Å². The smallest absolute Gasteiger partial charge is 0.339 e. The van der Waals surface area contributed by atoms with Crippen LogP contribution in [-0.2, 0) is 26.2 Å². The van der Waals surface area contributed by atoms with Crippen LogP contribution < -0.4 is 10.6 Å². The number of amides is 3. The van der Waals surface area contributed by atoms with Crippen LogP contribution in [0.3, 0.4) is 0 Å². The Labute approximate surface area is 249 Å². The number of hydrogen-bond acceptors (Lipinski definition) is 7. The van der Waals surface area contributed by atoms with E-state index in [1.165, 1.54) is 28.4 Å². The number of carbonyl (C=O) groups is 3. The van der Waals surface area contributed by atoms with Crippen molar-refractivity contribution in [3.05, 3.63) is 45.8 Å². The molecule has 10 nitrogen and oxygen atoms in total. The number of nitrogens with one attached hydrogen (secondary N) is 2. The van der Waals surface area contributed by atoms with E-state index in [4.69, 9.17) is 9.79 Å². The molecule has 1 aliphatic heterocycles. The summed E-state index contributed by atoms with van der Waals surface area (Å²) in [7, 11) is -5.76. The van der Waals surface area contributed by atoms with E-state index in [0.717, 1.165) is 41.2 Å². The van der Waals surface area contributed by atoms with Crippen LogP contribution in [0.4, 0.5) is 13.9 Å². The van der Waals surface area contributed by atoms with Crippen LogP contribution in [0.5, 0.6) is 0 Å². The molecule has 4 rings (SSSR count). The zero-order valence-electron chi connectivity index (χ0n) is 23.5. The zero-order chi connectivity index (χ0) is 31.0. The van der Waals surface area contributed by atoms with Gasteiger partial charge in [-0.05, 0) is 48.3 Å². The quantitative estimate of drug-likeness (QED) is 0.231. The van der Waals surface area contributed by atoms with E-state index in [1.54, 1.807) is 27.0 Å². The first-order chi connectivity index (χ1) is 19.5. The maximum absolute atomic E-state index is 14.2. The first-order valence-electron chi connectivity index (χ1n) is 13.4. The van der Waals surface area contributed by atoms with Crippen molar-refractivity contribution in [3.8, 4) is 0 Å². The van der Waals surface area contributed by atoms with Gasteiger partial charge in [0.05, 0.1) is 4.88 Å². The van der Waals surface area contributed by atoms with Crippen molar-refractivity contribution in [2.75, 3.05) is 11.9 Å². The lowest BCUT2D eigenvalue weighted by molar-refractivity contribution is -0.140. The van der Waals surface area contributed by atoms with Crippen molar-refractivity contribution in [3.63, 3.8) is 0 Å². The summed E-state index contributed by atoms with van der Waals surface area (Å²) in [4.78, 5) is 65.3. The molecule has 15 heteroatoms. The predicted molar refractivity (Wildman–Crippen MR) is 158 cm³/mol. The minimum atomic E-state index is -5.76. The number of anilines is 1. The van der Waals surface area contributed by atoms with Crippen molar-refractivity contribution in [2.24, 2.45) is 5.41 Å². The number of alkyl halides is 2. The number of fused-ring (bicyclic) bond motifs is 1. The maximum atomic E-state index is 14.2. The van der Waals surface area contributed by atoms with Crippen LogP contribution in [0.15, 0.2) is 30.5 Å². The third-order valence-corrected chi connectivity index (χ3v) is 10.0. The second-order valence-electron chi connectivity index (χ2n) is 11.3. The molecule has 1 saturated heterocycles. The van der Waals surface area contributed by atoms with Crippen molar-refractivity contribution in [1.29, 1.82) is 0 Å². The standard InChI is InChI=1S/C27H33F2N4O6PS2/c1-5-7-17-14-30-25(41-17)32-22(34)18-8-6-11-33(18)24(36)21(26(2,3)4)31-23(35)20-13-15-12-16(9-10-19(15)42-20)27(28,29)40(37,38)39/h9-10,12-14,18,21H,5-8,11H2,1-4H3,(H,31,35)(H,30,32,34)(H2,37,38,39)/t18-,21+/m0/s1. The number of halogens is 2. The van der Waals surface area contributed by atoms with Crippen molar-refractivity contribution >= 4 is 63.2 Å². The molecule has 3 heterocycles. The number of likely N-dealkylation sites (tertiary alicyclic amines) is 1. The third kappa shape index (κ3) is 6.73. The summed E-state index contributed by atoms with van der Waals surface area (Å²) in [5.41, 5.74) is -5.99. The van der Waals surface area contributed by atoms with Gasteiger partial charge >= 0.3 is 13.3 Å². The van der Waals surface area contributed by atoms with Crippen LogP contribution in [0.25, 0.3) is 10.1 Å². The highest BCUT2D eigenvalue weighted by Crippen LogP contribution is 2.59. The topological polar surface area (TPSA) is 149 Å². The summed E-state index contributed by atoms with van der Waals surface area (Å²) < 4.78 is 40.2. The van der Waals surface area contributed by atoms with E-state index >= 15 is 0 Å². The van der Waals surface area contributed by atoms with Crippen LogP contribution >= 0.6 is 30.3 Å². The van der Waals surface area contributed by atoms with Gasteiger partial charge in [-0.2, -0.15) is 8.78 Å². The SMILES string of the molecule is CCCc1cnc(NC(=O)[C@@H]2CCCN2C(=O)[C@@H](NC(=O)c2cc3cc(C(F)(F)P(=O)(O)O)ccc3s2)C(C)(C)C)s1. The van der Waals surface area contributed by atoms with Crippen LogP contribution in [0, 0.1) is 5.41 Å². The highest BCUT2D eigenvalue weighted by molar-refractivity contribution is 7.52. The number of benzene rings is 1. The lowest BCUT2D eigenvalue weighted by Crippen LogP contribution is -2.57. The van der Waals surface area contributed by atoms with Crippen molar-refractivity contribution in [1.82, 2.24) is 15.2 Å². The molecule has 2 aromatic heterocycles. The molecule has 1 aliphatic rings. The van der Waals surface area contributed by atoms with Gasteiger partial charge < -0.3 is 25.3 Å². The van der Waals surface area contributed by atoms with Crippen molar-refractivity contribution < 1.29 is 37.5 Å². The summed E-state index contributed by atoms with van der Waals surface area (Å²) in [6.45, 7) is 7.75. The van der Waals surface area contributed by atoms with Crippen LogP contribution in [-0.4, -0.2) is 56.0 Å². The van der Waals surface area contributed by atoms with E-state index in [0.29, 0.717) is 29.2 Å². The summed E-state index contributed by atoms with van der Waals surface area (Å²) in [5, 5.41) is 6.26. The average molecular weight is 643 g/mol. The fourth-order valence-corrected chi connectivity index (χ4v) is 7.08. The monoisotopic (exact) mass is 642 g/mol. The van der Waals surface area contributed by atoms with Crippen molar-refractivity contribution in [2.45, 2.75) is 71.1 Å². The van der Waals surface area contributed by atoms with Gasteiger partial charge in [0.25, 0.3) is 5.91 Å². The Morgan fingerprint density at radius 1 is 1.19 bits per heavy atom. The Hall–Kier alpha value is -2.77. The fourth-order valence-electron chi connectivity index (χ4n) is 4.75. The van der Waals surface area contributed by atoms with E-state index in [-0.39, 0.29) is 16.2 Å². The fraction of sp³-hybridized carbons (Fsp3) is 0.481. The Morgan fingerprint density at radius 2 is 1.90 bits per heavy atom. The van der Waals surface area contributed by atoms with E-state index in [1.807, 2.05) is 0 Å². The molecule has 0 spiro atoms. The lowest BCUT2D eigenvalue weighted by atomic mass is 9.85. The van der Waals surface area contributed by atoms with Gasteiger partial charge in [0.1, 0.15) is 12.1 Å². The first-order valence-corrected chi connectivity index (χ1v) is 16.6. The molecule has 3 aromatic rings. The summed E-state index contributed by atoms with van der Waals surface area (Å²) in [6, 6.07) is 2.73. The number of aromatic nitrogens is 1. The van der Waals surface area contributed by atoms with E-state index in [2.05, 4.69) is 22.5 Å². The number of aryl methyl sites for hydroxylation is 1. The van der Waals surface area contributed by atoms with Gasteiger partial charge in [-0.25, -0.2) is 4.98 Å². The number of rotatable bonds is 9. The summed E-state index contributed by atoms with van der Waals surface area (Å²) >= 11 is 2.39. The highest BCUT2D eigenvalue weighted by atomic mass is 32.1. The number of thiazole rings is 1. The molecule has 1 aromatic carbocycles. The minimum absolute atomic E-state index is 0.131. The number of carbonyl (C=O) groups excluding carboxylic acids is 3. The molecule has 0 radical (unpaired) electrons. The molecule has 0 unspecified atom stereocenters. The number of thiophene rings is 1. The molecule has 1 fully saturated rings. The molecular formula is C27H33F2N4O6PS2. The molecule has 2 atom stereocenters. The van der Waals surface area contributed by atoms with Gasteiger partial charge in [-0.3, -0.25) is 18.9 Å². The van der Waals surface area contributed by atoms with Gasteiger partial charge in [0, 0.05) is 27.9 Å². The van der Waals surface area contributed by atoms with E-state index in [9.17, 15) is 27.7 Å². The first kappa shape index (κ1) is 32.2. The zero-order valence-corrected chi connectivity index (χ0v) is 26.0. The maximum Gasteiger partial charge on any atom is 0.399 e. The normalized spacial score (nSPS) is 17.0. The molecule has 3 amide bonds. The molecule has 0 aliphatic carbocycles. The highest BCUT2D eigenvalue weighted by Gasteiger charge is 2.50. The van der Waals surface area contributed by atoms with Crippen LogP contribution in [0.2, 0.25) is 0 Å². The van der Waals surface area contributed by atoms with Gasteiger partial charge in [-0.1, -0.05) is 40.2 Å². The molecular weight excluding hydrogens is 609 g/mol. The second kappa shape index (κ2) is 12.1. The van der Waals surface area contributed by atoms with E-state index < -0.39 is 48.1 Å². The molecule has 4 N–H and O–H groups in total. The molecule has 228 valence electrons. The van der Waals surface area contributed by atoms with Crippen LogP contribution in [0.1, 0.15) is 67.1 Å². The summed E-state index contributed by atoms with van der Waals surface area (Å²) in [5.74, 6) is -1.37. The average Bonchev–Trinajstić information content (AvgIpc) is 3.64. The van der Waals surface area contributed by atoms with Gasteiger partial charge in [0.2, 0.25) is 11.8 Å². The minimum Gasteiger partial charge on any atom is -0.339 e. The second-order valence-corrected chi connectivity index (χ2v) is 15.1. The predicted octanol–water partition coefficient (Wildman–Crippen LogP) is 5.31. The Morgan fingerprint density at radius 3 is 2.55 bits per heavy atom. The molecule has 0 bridgehead atoms. The Bertz CT molecular complexity index is 1550. The third-order valence-electron chi connectivity index (χ3n) is 6.96.